The monoisotopic (exact) mass is 558 g/mol. The van der Waals surface area contributed by atoms with Gasteiger partial charge in [-0.1, -0.05) is 13.1 Å². The van der Waals surface area contributed by atoms with E-state index in [1.807, 2.05) is 115 Å². The van der Waals surface area contributed by atoms with Gasteiger partial charge in [0.05, 0.1) is 0 Å². The van der Waals surface area contributed by atoms with Crippen molar-refractivity contribution in [3.05, 3.63) is 157 Å². The predicted molar refractivity (Wildman–Crippen MR) is 156 cm³/mol. The fourth-order valence-electron chi connectivity index (χ4n) is 1.61. The van der Waals surface area contributed by atoms with Crippen LogP contribution in [0.5, 0.6) is 0 Å². The predicted octanol–water partition coefficient (Wildman–Crippen LogP) is 8.64. The normalized spacial score (nSPS) is 8.76. The number of benzene rings is 3. The third-order valence-electron chi connectivity index (χ3n) is 2.85. The topological polar surface area (TPSA) is 0 Å². The Morgan fingerprint density at radius 3 is 1.12 bits per heavy atom. The summed E-state index contributed by atoms with van der Waals surface area (Å²) in [7, 11) is 1.57. The van der Waals surface area contributed by atoms with Gasteiger partial charge in [0.2, 0.25) is 0 Å². The van der Waals surface area contributed by atoms with Gasteiger partial charge in [-0.15, -0.1) is 31.2 Å². The molecule has 1 aliphatic carbocycles. The number of hydrogen-bond donors (Lipinski definition) is 0. The first-order valence-corrected chi connectivity index (χ1v) is 13.5. The van der Waals surface area contributed by atoms with Crippen molar-refractivity contribution in [2.45, 2.75) is 19.5 Å². The summed E-state index contributed by atoms with van der Waals surface area (Å²) in [6.07, 6.45) is 10.0. The minimum atomic E-state index is 0. The van der Waals surface area contributed by atoms with Crippen molar-refractivity contribution in [2.24, 2.45) is 0 Å². The summed E-state index contributed by atoms with van der Waals surface area (Å²) < 4.78 is 0. The molecule has 0 aliphatic heterocycles. The molecule has 1 radical (unpaired) electrons. The quantitative estimate of drug-likeness (QED) is 0.150. The molecule has 181 valence electrons. The minimum Gasteiger partial charge on any atom is -0.273 e. The molecule has 0 saturated heterocycles. The van der Waals surface area contributed by atoms with E-state index in [2.05, 4.69) is 55.0 Å². The van der Waals surface area contributed by atoms with Crippen LogP contribution in [0.15, 0.2) is 127 Å². The number of halogens is 2. The molecule has 4 aromatic rings. The summed E-state index contributed by atoms with van der Waals surface area (Å²) in [5.41, 5.74) is 0. The van der Waals surface area contributed by atoms with Crippen LogP contribution in [-0.2, 0) is 21.7 Å². The Hall–Kier alpha value is -1.57. The average molecular weight is 559 g/mol. The van der Waals surface area contributed by atoms with Crippen LogP contribution in [0.4, 0.5) is 0 Å². The van der Waals surface area contributed by atoms with Gasteiger partial charge in [0.25, 0.3) is 0 Å². The van der Waals surface area contributed by atoms with Crippen LogP contribution in [0.2, 0.25) is 13.1 Å². The largest absolute Gasteiger partial charge is 0.273 e. The zero-order valence-electron chi connectivity index (χ0n) is 19.7. The summed E-state index contributed by atoms with van der Waals surface area (Å²) in [5.74, 6) is 5.11. The molecule has 1 unspecified atom stereocenters. The second kappa shape index (κ2) is 38.7. The first-order valence-electron chi connectivity index (χ1n) is 10.1. The molecule has 0 spiro atoms. The maximum Gasteiger partial charge on any atom is 0.0213 e. The van der Waals surface area contributed by atoms with Gasteiger partial charge in [-0.25, -0.2) is 18.2 Å². The summed E-state index contributed by atoms with van der Waals surface area (Å²) in [6.45, 7) is 4.42. The Morgan fingerprint density at radius 2 is 1.03 bits per heavy atom. The van der Waals surface area contributed by atoms with E-state index in [4.69, 9.17) is 0 Å². The Balaban J connectivity index is -0.000000158. The third-order valence-corrected chi connectivity index (χ3v) is 3.54. The van der Waals surface area contributed by atoms with E-state index < -0.39 is 0 Å². The van der Waals surface area contributed by atoms with Gasteiger partial charge in [-0.3, -0.25) is 14.3 Å². The summed E-state index contributed by atoms with van der Waals surface area (Å²) in [6, 6.07) is 41.5. The van der Waals surface area contributed by atoms with Crippen molar-refractivity contribution >= 4 is 42.5 Å². The van der Waals surface area contributed by atoms with Crippen LogP contribution in [0.25, 0.3) is 0 Å². The Labute approximate surface area is 239 Å². The molecule has 34 heavy (non-hydrogen) atoms. The van der Waals surface area contributed by atoms with Crippen LogP contribution in [0.1, 0.15) is 6.42 Å². The van der Waals surface area contributed by atoms with Gasteiger partial charge < -0.3 is 0 Å². The van der Waals surface area contributed by atoms with Crippen LogP contribution < -0.4 is 0 Å². The molecule has 3 aromatic carbocycles. The molecule has 1 aliphatic rings. The smallest absolute Gasteiger partial charge is 0.0213 e. The van der Waals surface area contributed by atoms with Crippen molar-refractivity contribution in [3.63, 3.8) is 0 Å². The molecular weight excluding hydrogens is 526 g/mol. The van der Waals surface area contributed by atoms with E-state index in [1.165, 1.54) is 0 Å². The molecule has 1 heterocycles. The van der Waals surface area contributed by atoms with Crippen molar-refractivity contribution in [3.8, 4) is 0 Å². The van der Waals surface area contributed by atoms with Gasteiger partial charge >= 0.3 is 0 Å². The van der Waals surface area contributed by atoms with E-state index in [0.29, 0.717) is 0 Å². The van der Waals surface area contributed by atoms with Gasteiger partial charge in [-0.2, -0.15) is 133 Å². The zero-order chi connectivity index (χ0) is 22.5. The fraction of sp³-hybridized carbons (Fsp3) is 0.103. The molecule has 0 nitrogen and oxygen atoms in total. The molecule has 0 bridgehead atoms. The van der Waals surface area contributed by atoms with Gasteiger partial charge in [0.15, 0.2) is 0 Å². The number of hydrogen-bond acceptors (Lipinski definition) is 0. The van der Waals surface area contributed by atoms with Crippen LogP contribution in [0.3, 0.4) is 0 Å². The SMILES string of the molecule is C[SiH]C.Cl.Cl.[C-]1=CC=CC1.[Ti].[c-]1ccc[pH]1.[c-]1ccccc1.[c-]1ccccc1.[c-]1ccccc1. The zero-order valence-corrected chi connectivity index (χ0v) is 25.1. The number of allylic oxidation sites excluding steroid dienone is 4. The summed E-state index contributed by atoms with van der Waals surface area (Å²) >= 11 is 0. The summed E-state index contributed by atoms with van der Waals surface area (Å²) in [5, 5.41) is 0. The fourth-order valence-corrected chi connectivity index (χ4v) is 2.09. The van der Waals surface area contributed by atoms with Crippen LogP contribution >= 0.6 is 33.0 Å². The van der Waals surface area contributed by atoms with E-state index in [-0.39, 0.29) is 46.5 Å². The molecule has 5 heteroatoms. The first kappa shape index (κ1) is 39.6. The van der Waals surface area contributed by atoms with E-state index in [0.717, 1.165) is 24.1 Å². The minimum absolute atomic E-state index is 0. The molecule has 5 rings (SSSR count). The Morgan fingerprint density at radius 1 is 0.618 bits per heavy atom. The van der Waals surface area contributed by atoms with Crippen LogP contribution in [-0.4, -0.2) is 9.52 Å². The molecular formula is C29H33Cl2PSiTi-5. The average Bonchev–Trinajstić information content (AvgIpc) is 3.64. The molecule has 1 atom stereocenters. The van der Waals surface area contributed by atoms with Crippen LogP contribution in [0, 0.1) is 30.1 Å². The molecule has 0 amide bonds. The standard InChI is InChI=1S/3C6H5.C5H5.C4H4P.C2H7Si.2ClH.Ti/c3*1-2-4-6-5-3-1;2*1-2-4-5-3-1;1-3-2;;;/h3*1-5H;1-3H,4H2;1-3,5H;3H,1-2H3;2*1H;/q5*-1;;;;. The van der Waals surface area contributed by atoms with E-state index in [9.17, 15) is 0 Å². The molecule has 0 fully saturated rings. The Bertz CT molecular complexity index is 630. The van der Waals surface area contributed by atoms with Gasteiger partial charge in [0, 0.05) is 31.2 Å². The van der Waals surface area contributed by atoms with Gasteiger partial charge in [-0.05, 0) is 0 Å². The van der Waals surface area contributed by atoms with Crippen molar-refractivity contribution in [1.82, 2.24) is 0 Å². The molecule has 0 N–H and O–H groups in total. The molecule has 1 aromatic heterocycles. The maximum atomic E-state index is 3.01. The van der Waals surface area contributed by atoms with Crippen molar-refractivity contribution in [1.29, 1.82) is 0 Å². The maximum absolute atomic E-state index is 3.01. The van der Waals surface area contributed by atoms with Gasteiger partial charge in [0.1, 0.15) is 0 Å². The molecule has 0 saturated carbocycles. The first-order chi connectivity index (χ1) is 15.4. The number of rotatable bonds is 0. The van der Waals surface area contributed by atoms with E-state index in [1.54, 1.807) is 0 Å². The van der Waals surface area contributed by atoms with Crippen molar-refractivity contribution < 1.29 is 21.7 Å². The van der Waals surface area contributed by atoms with Crippen molar-refractivity contribution in [2.75, 3.05) is 0 Å². The van der Waals surface area contributed by atoms with E-state index >= 15 is 0 Å². The Kier molecular flexibility index (Phi) is 45.1. The third kappa shape index (κ3) is 37.7. The second-order valence-corrected chi connectivity index (χ2v) is 7.69. The summed E-state index contributed by atoms with van der Waals surface area (Å²) in [4.78, 5) is 0. The second-order valence-electron chi connectivity index (χ2n) is 5.63.